The number of phenols is 1. The Bertz CT molecular complexity index is 304. The molecular weight excluding hydrogens is 184 g/mol. The first-order valence-corrected chi connectivity index (χ1v) is 6.01. The molecule has 0 heterocycles. The zero-order valence-corrected chi connectivity index (χ0v) is 10.1. The molecule has 0 fully saturated rings. The standard InChI is InChI=1S/C14H22O/c1-4-6-8-12-9-7-10-13(14(12)15)11(3)5-2/h7,9-11,15H,4-6,8H2,1-3H3/t11-/m0/s1. The van der Waals surface area contributed by atoms with Crippen molar-refractivity contribution in [2.45, 2.75) is 52.4 Å². The van der Waals surface area contributed by atoms with E-state index in [0.29, 0.717) is 11.7 Å². The minimum Gasteiger partial charge on any atom is -0.507 e. The van der Waals surface area contributed by atoms with Gasteiger partial charge in [-0.05, 0) is 36.3 Å². The lowest BCUT2D eigenvalue weighted by atomic mass is 9.94. The summed E-state index contributed by atoms with van der Waals surface area (Å²) in [5, 5.41) is 10.1. The normalized spacial score (nSPS) is 12.7. The number of unbranched alkanes of at least 4 members (excludes halogenated alkanes) is 1. The maximum absolute atomic E-state index is 10.1. The summed E-state index contributed by atoms with van der Waals surface area (Å²) in [6.45, 7) is 6.50. The van der Waals surface area contributed by atoms with Crippen molar-refractivity contribution >= 4 is 0 Å². The van der Waals surface area contributed by atoms with Crippen molar-refractivity contribution in [3.05, 3.63) is 29.3 Å². The number of aryl methyl sites for hydroxylation is 1. The second kappa shape index (κ2) is 5.79. The Morgan fingerprint density at radius 1 is 1.27 bits per heavy atom. The number of hydrogen-bond donors (Lipinski definition) is 1. The van der Waals surface area contributed by atoms with Gasteiger partial charge in [0.25, 0.3) is 0 Å². The number of phenolic OH excluding ortho intramolecular Hbond substituents is 1. The van der Waals surface area contributed by atoms with Gasteiger partial charge in [0.15, 0.2) is 0 Å². The van der Waals surface area contributed by atoms with Crippen LogP contribution < -0.4 is 0 Å². The van der Waals surface area contributed by atoms with Gasteiger partial charge >= 0.3 is 0 Å². The Labute approximate surface area is 93.1 Å². The first kappa shape index (κ1) is 12.1. The van der Waals surface area contributed by atoms with Crippen LogP contribution in [-0.2, 0) is 6.42 Å². The van der Waals surface area contributed by atoms with Gasteiger partial charge in [0.05, 0.1) is 0 Å². The van der Waals surface area contributed by atoms with E-state index in [1.807, 2.05) is 12.1 Å². The molecule has 0 spiro atoms. The van der Waals surface area contributed by atoms with Crippen molar-refractivity contribution in [2.75, 3.05) is 0 Å². The van der Waals surface area contributed by atoms with Gasteiger partial charge in [-0.15, -0.1) is 0 Å². The largest absolute Gasteiger partial charge is 0.507 e. The molecule has 1 aromatic carbocycles. The minimum absolute atomic E-state index is 0.451. The van der Waals surface area contributed by atoms with E-state index in [4.69, 9.17) is 0 Å². The highest BCUT2D eigenvalue weighted by Crippen LogP contribution is 2.31. The van der Waals surface area contributed by atoms with Crippen molar-refractivity contribution in [3.63, 3.8) is 0 Å². The fourth-order valence-electron chi connectivity index (χ4n) is 1.80. The first-order chi connectivity index (χ1) is 7.20. The summed E-state index contributed by atoms with van der Waals surface area (Å²) in [4.78, 5) is 0. The van der Waals surface area contributed by atoms with Crippen LogP contribution in [0.1, 0.15) is 57.1 Å². The Balaban J connectivity index is 2.90. The van der Waals surface area contributed by atoms with E-state index in [9.17, 15) is 5.11 Å². The molecule has 0 aliphatic rings. The second-order valence-corrected chi connectivity index (χ2v) is 4.27. The number of aromatic hydroxyl groups is 1. The summed E-state index contributed by atoms with van der Waals surface area (Å²) in [5.41, 5.74) is 2.21. The highest BCUT2D eigenvalue weighted by atomic mass is 16.3. The maximum Gasteiger partial charge on any atom is 0.122 e. The molecule has 0 unspecified atom stereocenters. The number of hydrogen-bond acceptors (Lipinski definition) is 1. The quantitative estimate of drug-likeness (QED) is 0.763. The maximum atomic E-state index is 10.1. The van der Waals surface area contributed by atoms with E-state index in [2.05, 4.69) is 26.8 Å². The molecule has 0 amide bonds. The lowest BCUT2D eigenvalue weighted by Crippen LogP contribution is -1.95. The van der Waals surface area contributed by atoms with E-state index < -0.39 is 0 Å². The fourth-order valence-corrected chi connectivity index (χ4v) is 1.80. The van der Waals surface area contributed by atoms with Gasteiger partial charge in [0.2, 0.25) is 0 Å². The smallest absolute Gasteiger partial charge is 0.122 e. The van der Waals surface area contributed by atoms with Gasteiger partial charge in [-0.1, -0.05) is 45.4 Å². The van der Waals surface area contributed by atoms with Crippen molar-refractivity contribution in [1.82, 2.24) is 0 Å². The van der Waals surface area contributed by atoms with Crippen molar-refractivity contribution in [3.8, 4) is 5.75 Å². The van der Waals surface area contributed by atoms with Crippen molar-refractivity contribution < 1.29 is 5.11 Å². The summed E-state index contributed by atoms with van der Waals surface area (Å²) in [7, 11) is 0. The SMILES string of the molecule is CCCCc1cccc([C@@H](C)CC)c1O. The topological polar surface area (TPSA) is 20.2 Å². The van der Waals surface area contributed by atoms with Crippen molar-refractivity contribution in [2.24, 2.45) is 0 Å². The Morgan fingerprint density at radius 3 is 2.60 bits per heavy atom. The van der Waals surface area contributed by atoms with Crippen LogP contribution >= 0.6 is 0 Å². The molecule has 1 rings (SSSR count). The third-order valence-electron chi connectivity index (χ3n) is 3.09. The lowest BCUT2D eigenvalue weighted by Gasteiger charge is -2.14. The summed E-state index contributed by atoms with van der Waals surface area (Å²) in [6.07, 6.45) is 4.39. The summed E-state index contributed by atoms with van der Waals surface area (Å²) in [5.74, 6) is 0.979. The predicted octanol–water partition coefficient (Wildman–Crippen LogP) is 4.25. The summed E-state index contributed by atoms with van der Waals surface area (Å²) >= 11 is 0. The highest BCUT2D eigenvalue weighted by molar-refractivity contribution is 5.42. The molecule has 15 heavy (non-hydrogen) atoms. The number of benzene rings is 1. The summed E-state index contributed by atoms with van der Waals surface area (Å²) < 4.78 is 0. The summed E-state index contributed by atoms with van der Waals surface area (Å²) in [6, 6.07) is 6.14. The monoisotopic (exact) mass is 206 g/mol. The molecule has 0 aromatic heterocycles. The van der Waals surface area contributed by atoms with E-state index in [-0.39, 0.29) is 0 Å². The van der Waals surface area contributed by atoms with Crippen LogP contribution in [0.4, 0.5) is 0 Å². The molecule has 0 radical (unpaired) electrons. The zero-order valence-electron chi connectivity index (χ0n) is 10.1. The van der Waals surface area contributed by atoms with Crippen LogP contribution in [0, 0.1) is 0 Å². The molecule has 1 aromatic rings. The highest BCUT2D eigenvalue weighted by Gasteiger charge is 2.11. The Morgan fingerprint density at radius 2 is 2.00 bits per heavy atom. The van der Waals surface area contributed by atoms with Crippen LogP contribution in [-0.4, -0.2) is 5.11 Å². The average Bonchev–Trinajstić information content (AvgIpc) is 2.27. The van der Waals surface area contributed by atoms with Crippen molar-refractivity contribution in [1.29, 1.82) is 0 Å². The van der Waals surface area contributed by atoms with Crippen LogP contribution in [0.5, 0.6) is 5.75 Å². The molecule has 84 valence electrons. The molecular formula is C14H22O. The first-order valence-electron chi connectivity index (χ1n) is 6.01. The van der Waals surface area contributed by atoms with Crippen LogP contribution in [0.25, 0.3) is 0 Å². The Kier molecular flexibility index (Phi) is 4.67. The Hall–Kier alpha value is -0.980. The van der Waals surface area contributed by atoms with Gasteiger partial charge in [-0.25, -0.2) is 0 Å². The van der Waals surface area contributed by atoms with Gasteiger partial charge in [-0.2, -0.15) is 0 Å². The lowest BCUT2D eigenvalue weighted by molar-refractivity contribution is 0.454. The van der Waals surface area contributed by atoms with Gasteiger partial charge in [-0.3, -0.25) is 0 Å². The van der Waals surface area contributed by atoms with Crippen LogP contribution in [0.3, 0.4) is 0 Å². The molecule has 0 aliphatic carbocycles. The van der Waals surface area contributed by atoms with Crippen LogP contribution in [0.2, 0.25) is 0 Å². The predicted molar refractivity (Wildman–Crippen MR) is 65.4 cm³/mol. The fraction of sp³-hybridized carbons (Fsp3) is 0.571. The molecule has 0 saturated heterocycles. The second-order valence-electron chi connectivity index (χ2n) is 4.27. The molecule has 1 heteroatoms. The van der Waals surface area contributed by atoms with Gasteiger partial charge in [0, 0.05) is 0 Å². The number of para-hydroxylation sites is 1. The van der Waals surface area contributed by atoms with E-state index >= 15 is 0 Å². The molecule has 1 atom stereocenters. The molecule has 0 aliphatic heterocycles. The van der Waals surface area contributed by atoms with Gasteiger partial charge < -0.3 is 5.11 Å². The van der Waals surface area contributed by atoms with E-state index in [1.54, 1.807) is 0 Å². The van der Waals surface area contributed by atoms with E-state index in [1.165, 1.54) is 6.42 Å². The third-order valence-corrected chi connectivity index (χ3v) is 3.09. The third kappa shape index (κ3) is 2.98. The van der Waals surface area contributed by atoms with Crippen LogP contribution in [0.15, 0.2) is 18.2 Å². The molecule has 0 bridgehead atoms. The van der Waals surface area contributed by atoms with E-state index in [0.717, 1.165) is 30.4 Å². The minimum atomic E-state index is 0.451. The number of rotatable bonds is 5. The molecule has 0 saturated carbocycles. The molecule has 1 nitrogen and oxygen atoms in total. The molecule has 1 N–H and O–H groups in total. The average molecular weight is 206 g/mol. The zero-order chi connectivity index (χ0) is 11.3. The van der Waals surface area contributed by atoms with Gasteiger partial charge in [0.1, 0.15) is 5.75 Å².